The molecule has 10 heteroatoms. The number of methoxy groups -OCH3 is 1. The third kappa shape index (κ3) is 5.63. The number of piperidine rings is 1. The van der Waals surface area contributed by atoms with Crippen molar-refractivity contribution in [3.63, 3.8) is 0 Å². The molecule has 0 saturated carbocycles. The van der Waals surface area contributed by atoms with Crippen LogP contribution in [0.5, 0.6) is 5.88 Å². The summed E-state index contributed by atoms with van der Waals surface area (Å²) in [4.78, 5) is 44.5. The van der Waals surface area contributed by atoms with Crippen LogP contribution in [0.25, 0.3) is 0 Å². The lowest BCUT2D eigenvalue weighted by molar-refractivity contribution is -0.134. The zero-order valence-electron chi connectivity index (χ0n) is 17.9. The third-order valence-electron chi connectivity index (χ3n) is 6.27. The number of aromatic nitrogens is 1. The average Bonchev–Trinajstić information content (AvgIpc) is 3.19. The topological polar surface area (TPSA) is 91.8 Å². The normalized spacial score (nSPS) is 18.7. The standard InChI is InChI=1S/C21H29ClN4O4S/c1-30-18-12-15(11-17(22)24-18)19(28)25-7-4-21(5-8-25)6-9-26(13-21)20(29)16(23-14-27)3-10-31-2/h11-12,14,16H,3-10,13H2,1-2H3,(H,23,27). The van der Waals surface area contributed by atoms with Crippen molar-refractivity contribution < 1.29 is 19.1 Å². The third-order valence-corrected chi connectivity index (χ3v) is 7.10. The number of ether oxygens (including phenoxy) is 1. The number of nitrogens with one attached hydrogen (secondary N) is 1. The van der Waals surface area contributed by atoms with E-state index in [2.05, 4.69) is 10.3 Å². The Balaban J connectivity index is 1.59. The molecule has 1 N–H and O–H groups in total. The number of likely N-dealkylation sites (tertiary alicyclic amines) is 2. The Kier molecular flexibility index (Phi) is 8.05. The van der Waals surface area contributed by atoms with Crippen LogP contribution in [0.4, 0.5) is 0 Å². The summed E-state index contributed by atoms with van der Waals surface area (Å²) in [7, 11) is 1.49. The maximum Gasteiger partial charge on any atom is 0.254 e. The molecule has 3 heterocycles. The molecule has 31 heavy (non-hydrogen) atoms. The van der Waals surface area contributed by atoms with Crippen LogP contribution in [0.15, 0.2) is 12.1 Å². The van der Waals surface area contributed by atoms with Gasteiger partial charge in [0.05, 0.1) is 7.11 Å². The maximum absolute atomic E-state index is 12.9. The van der Waals surface area contributed by atoms with Gasteiger partial charge in [0, 0.05) is 37.8 Å². The van der Waals surface area contributed by atoms with Crippen LogP contribution in [0.3, 0.4) is 0 Å². The summed E-state index contributed by atoms with van der Waals surface area (Å²) in [6.45, 7) is 2.64. The van der Waals surface area contributed by atoms with E-state index < -0.39 is 6.04 Å². The van der Waals surface area contributed by atoms with E-state index in [1.807, 2.05) is 16.1 Å². The summed E-state index contributed by atoms with van der Waals surface area (Å²) in [6, 6.07) is 2.69. The van der Waals surface area contributed by atoms with E-state index in [1.54, 1.807) is 23.9 Å². The van der Waals surface area contributed by atoms with Crippen LogP contribution in [-0.4, -0.2) is 84.3 Å². The molecule has 3 amide bonds. The predicted molar refractivity (Wildman–Crippen MR) is 121 cm³/mol. The van der Waals surface area contributed by atoms with Crippen molar-refractivity contribution in [1.82, 2.24) is 20.1 Å². The highest BCUT2D eigenvalue weighted by Gasteiger charge is 2.43. The van der Waals surface area contributed by atoms with E-state index in [0.717, 1.165) is 25.0 Å². The van der Waals surface area contributed by atoms with Gasteiger partial charge in [-0.05, 0) is 49.2 Å². The Bertz CT molecular complexity index is 817. The van der Waals surface area contributed by atoms with Gasteiger partial charge in [0.2, 0.25) is 18.2 Å². The fourth-order valence-corrected chi connectivity index (χ4v) is 5.09. The lowest BCUT2D eigenvalue weighted by Gasteiger charge is -2.39. The van der Waals surface area contributed by atoms with E-state index >= 15 is 0 Å². The van der Waals surface area contributed by atoms with Gasteiger partial charge in [-0.25, -0.2) is 4.98 Å². The van der Waals surface area contributed by atoms with E-state index in [4.69, 9.17) is 16.3 Å². The van der Waals surface area contributed by atoms with E-state index in [1.165, 1.54) is 7.11 Å². The number of hydrogen-bond donors (Lipinski definition) is 1. The Hall–Kier alpha value is -2.00. The van der Waals surface area contributed by atoms with Crippen LogP contribution in [-0.2, 0) is 9.59 Å². The molecule has 8 nitrogen and oxygen atoms in total. The Morgan fingerprint density at radius 1 is 1.29 bits per heavy atom. The second-order valence-electron chi connectivity index (χ2n) is 8.14. The highest BCUT2D eigenvalue weighted by Crippen LogP contribution is 2.41. The molecule has 2 saturated heterocycles. The van der Waals surface area contributed by atoms with Gasteiger partial charge in [0.15, 0.2) is 0 Å². The SMILES string of the molecule is COc1cc(C(=O)N2CCC3(CC2)CCN(C(=O)C(CCSC)NC=O)C3)cc(Cl)n1. The van der Waals surface area contributed by atoms with Gasteiger partial charge >= 0.3 is 0 Å². The maximum atomic E-state index is 12.9. The lowest BCUT2D eigenvalue weighted by Crippen LogP contribution is -2.48. The molecule has 1 atom stereocenters. The molecule has 2 aliphatic rings. The van der Waals surface area contributed by atoms with Crippen molar-refractivity contribution in [1.29, 1.82) is 0 Å². The van der Waals surface area contributed by atoms with Crippen LogP contribution in [0.2, 0.25) is 5.15 Å². The molecule has 1 aromatic rings. The molecular formula is C21H29ClN4O4S. The van der Waals surface area contributed by atoms with E-state index in [0.29, 0.717) is 50.5 Å². The first-order chi connectivity index (χ1) is 14.9. The fraction of sp³-hybridized carbons (Fsp3) is 0.619. The summed E-state index contributed by atoms with van der Waals surface area (Å²) >= 11 is 7.67. The molecule has 1 spiro atoms. The van der Waals surface area contributed by atoms with Crippen molar-refractivity contribution in [2.24, 2.45) is 5.41 Å². The Morgan fingerprint density at radius 3 is 2.58 bits per heavy atom. The lowest BCUT2D eigenvalue weighted by atomic mass is 9.77. The molecule has 1 aromatic heterocycles. The van der Waals surface area contributed by atoms with Crippen molar-refractivity contribution >= 4 is 41.6 Å². The van der Waals surface area contributed by atoms with Crippen LogP contribution < -0.4 is 10.1 Å². The number of carbonyl (C=O) groups is 3. The van der Waals surface area contributed by atoms with E-state index in [9.17, 15) is 14.4 Å². The van der Waals surface area contributed by atoms with Crippen molar-refractivity contribution in [2.45, 2.75) is 31.7 Å². The minimum atomic E-state index is -0.465. The number of amides is 3. The monoisotopic (exact) mass is 468 g/mol. The number of carbonyl (C=O) groups excluding carboxylic acids is 3. The van der Waals surface area contributed by atoms with Crippen molar-refractivity contribution in [2.75, 3.05) is 45.3 Å². The predicted octanol–water partition coefficient (Wildman–Crippen LogP) is 2.07. The Labute approximate surface area is 192 Å². The quantitative estimate of drug-likeness (QED) is 0.464. The number of hydrogen-bond acceptors (Lipinski definition) is 6. The van der Waals surface area contributed by atoms with Crippen LogP contribution in [0.1, 0.15) is 36.0 Å². The second-order valence-corrected chi connectivity index (χ2v) is 9.51. The van der Waals surface area contributed by atoms with Crippen LogP contribution >= 0.6 is 23.4 Å². The number of rotatable bonds is 8. The highest BCUT2D eigenvalue weighted by atomic mass is 35.5. The minimum absolute atomic E-state index is 0.00458. The van der Waals surface area contributed by atoms with Gasteiger partial charge in [-0.2, -0.15) is 11.8 Å². The van der Waals surface area contributed by atoms with Gasteiger partial charge in [-0.1, -0.05) is 11.6 Å². The molecule has 0 radical (unpaired) electrons. The molecule has 2 fully saturated rings. The van der Waals surface area contributed by atoms with Gasteiger partial charge < -0.3 is 19.9 Å². The molecule has 1 unspecified atom stereocenters. The molecule has 3 rings (SSSR count). The second kappa shape index (κ2) is 10.5. The zero-order valence-corrected chi connectivity index (χ0v) is 19.5. The molecule has 170 valence electrons. The molecule has 0 aromatic carbocycles. The number of thioether (sulfide) groups is 1. The fourth-order valence-electron chi connectivity index (χ4n) is 4.42. The summed E-state index contributed by atoms with van der Waals surface area (Å²) < 4.78 is 5.11. The highest BCUT2D eigenvalue weighted by molar-refractivity contribution is 7.98. The van der Waals surface area contributed by atoms with E-state index in [-0.39, 0.29) is 22.4 Å². The smallest absolute Gasteiger partial charge is 0.254 e. The number of nitrogens with zero attached hydrogens (tertiary/aromatic N) is 3. The first kappa shape index (κ1) is 23.7. The van der Waals surface area contributed by atoms with Crippen molar-refractivity contribution in [3.8, 4) is 5.88 Å². The first-order valence-electron chi connectivity index (χ1n) is 10.4. The first-order valence-corrected chi connectivity index (χ1v) is 12.2. The average molecular weight is 469 g/mol. The van der Waals surface area contributed by atoms with Crippen LogP contribution in [0, 0.1) is 5.41 Å². The molecule has 0 bridgehead atoms. The summed E-state index contributed by atoms with van der Waals surface area (Å²) in [5.41, 5.74) is 0.498. The summed E-state index contributed by atoms with van der Waals surface area (Å²) in [6.07, 6.45) is 5.83. The molecular weight excluding hydrogens is 440 g/mol. The largest absolute Gasteiger partial charge is 0.481 e. The zero-order chi connectivity index (χ0) is 22.4. The Morgan fingerprint density at radius 2 is 1.97 bits per heavy atom. The minimum Gasteiger partial charge on any atom is -0.481 e. The van der Waals surface area contributed by atoms with Crippen molar-refractivity contribution in [3.05, 3.63) is 22.8 Å². The van der Waals surface area contributed by atoms with Gasteiger partial charge in [0.25, 0.3) is 5.91 Å². The molecule has 2 aliphatic heterocycles. The summed E-state index contributed by atoms with van der Waals surface area (Å²) in [5.74, 6) is 1.04. The molecule has 0 aliphatic carbocycles. The summed E-state index contributed by atoms with van der Waals surface area (Å²) in [5, 5.41) is 2.90. The van der Waals surface area contributed by atoms with Gasteiger partial charge in [0.1, 0.15) is 11.2 Å². The number of halogens is 1. The number of pyridine rings is 1. The van der Waals surface area contributed by atoms with Gasteiger partial charge in [-0.3, -0.25) is 14.4 Å². The van der Waals surface area contributed by atoms with Gasteiger partial charge in [-0.15, -0.1) is 0 Å².